The van der Waals surface area contributed by atoms with Crippen molar-refractivity contribution in [1.82, 2.24) is 10.6 Å². The van der Waals surface area contributed by atoms with Gasteiger partial charge in [-0.1, -0.05) is 13.8 Å². The highest BCUT2D eigenvalue weighted by atomic mass is 35.5. The van der Waals surface area contributed by atoms with Gasteiger partial charge in [0, 0.05) is 18.6 Å². The lowest BCUT2D eigenvalue weighted by atomic mass is 9.78. The zero-order chi connectivity index (χ0) is 11.3. The summed E-state index contributed by atoms with van der Waals surface area (Å²) in [4.78, 5) is 11.3. The van der Waals surface area contributed by atoms with Crippen molar-refractivity contribution in [1.29, 1.82) is 0 Å². The van der Waals surface area contributed by atoms with E-state index in [4.69, 9.17) is 5.73 Å². The van der Waals surface area contributed by atoms with Crippen molar-refractivity contribution in [3.05, 3.63) is 0 Å². The number of hydrogen-bond donors (Lipinski definition) is 3. The Morgan fingerprint density at radius 2 is 2.06 bits per heavy atom. The second kappa shape index (κ2) is 7.09. The van der Waals surface area contributed by atoms with Gasteiger partial charge in [0.05, 0.1) is 6.54 Å². The molecule has 0 aromatic carbocycles. The number of carbonyl (C=O) groups excluding carboxylic acids is 1. The Balaban J connectivity index is 0.00000225. The molecule has 0 bridgehead atoms. The molecule has 5 heteroatoms. The van der Waals surface area contributed by atoms with Crippen molar-refractivity contribution >= 4 is 18.3 Å². The van der Waals surface area contributed by atoms with Crippen molar-refractivity contribution in [2.45, 2.75) is 38.6 Å². The van der Waals surface area contributed by atoms with Crippen LogP contribution in [-0.2, 0) is 4.79 Å². The molecule has 4 N–H and O–H groups in total. The first-order valence-electron chi connectivity index (χ1n) is 5.78. The Morgan fingerprint density at radius 1 is 1.44 bits per heavy atom. The lowest BCUT2D eigenvalue weighted by Gasteiger charge is -2.38. The van der Waals surface area contributed by atoms with Gasteiger partial charge in [0.15, 0.2) is 0 Å². The molecule has 0 saturated heterocycles. The van der Waals surface area contributed by atoms with E-state index in [-0.39, 0.29) is 23.9 Å². The van der Waals surface area contributed by atoms with Crippen LogP contribution in [0.15, 0.2) is 0 Å². The molecule has 0 spiro atoms. The van der Waals surface area contributed by atoms with Crippen LogP contribution in [0.2, 0.25) is 0 Å². The normalized spacial score (nSPS) is 17.5. The van der Waals surface area contributed by atoms with Crippen LogP contribution in [0.4, 0.5) is 0 Å². The monoisotopic (exact) mass is 249 g/mol. The number of nitrogens with one attached hydrogen (secondary N) is 2. The van der Waals surface area contributed by atoms with Gasteiger partial charge in [-0.05, 0) is 25.2 Å². The smallest absolute Gasteiger partial charge is 0.233 e. The summed E-state index contributed by atoms with van der Waals surface area (Å²) in [6.45, 7) is 6.04. The molecule has 1 saturated carbocycles. The number of hydrogen-bond acceptors (Lipinski definition) is 3. The highest BCUT2D eigenvalue weighted by molar-refractivity contribution is 5.85. The maximum atomic E-state index is 11.3. The van der Waals surface area contributed by atoms with E-state index in [0.29, 0.717) is 12.5 Å². The Hall–Kier alpha value is -0.320. The lowest BCUT2D eigenvalue weighted by molar-refractivity contribution is -0.120. The summed E-state index contributed by atoms with van der Waals surface area (Å²) in [7, 11) is 0. The van der Waals surface area contributed by atoms with Crippen LogP contribution < -0.4 is 16.4 Å². The topological polar surface area (TPSA) is 67.2 Å². The Labute approximate surface area is 104 Å². The average Bonchev–Trinajstić information content (AvgIpc) is 2.12. The molecular weight excluding hydrogens is 226 g/mol. The summed E-state index contributed by atoms with van der Waals surface area (Å²) in [5.74, 6) is 0.563. The van der Waals surface area contributed by atoms with Crippen LogP contribution in [0.5, 0.6) is 0 Å². The minimum atomic E-state index is -0.0433. The van der Waals surface area contributed by atoms with Gasteiger partial charge in [-0.3, -0.25) is 4.79 Å². The Kier molecular flexibility index (Phi) is 6.95. The fourth-order valence-corrected chi connectivity index (χ4v) is 1.61. The van der Waals surface area contributed by atoms with E-state index in [2.05, 4.69) is 24.5 Å². The van der Waals surface area contributed by atoms with Crippen LogP contribution in [-0.4, -0.2) is 31.1 Å². The van der Waals surface area contributed by atoms with E-state index in [1.807, 2.05) is 0 Å². The quantitative estimate of drug-likeness (QED) is 0.648. The minimum absolute atomic E-state index is 0. The van der Waals surface area contributed by atoms with Crippen LogP contribution in [0.1, 0.15) is 33.1 Å². The first-order chi connectivity index (χ1) is 7.02. The first-order valence-corrected chi connectivity index (χ1v) is 5.78. The van der Waals surface area contributed by atoms with Crippen LogP contribution in [0, 0.1) is 5.92 Å². The van der Waals surface area contributed by atoms with E-state index in [9.17, 15) is 4.79 Å². The molecule has 16 heavy (non-hydrogen) atoms. The standard InChI is InChI=1S/C11H23N3O.ClH/c1-9(2)6-14-10(15)7-13-8-11(12)4-3-5-11;/h9,13H,3-8,12H2,1-2H3,(H,14,15);1H. The number of rotatable bonds is 6. The van der Waals surface area contributed by atoms with Gasteiger partial charge in [-0.25, -0.2) is 0 Å². The Morgan fingerprint density at radius 3 is 2.50 bits per heavy atom. The van der Waals surface area contributed by atoms with E-state index in [0.717, 1.165) is 25.9 Å². The summed E-state index contributed by atoms with van der Waals surface area (Å²) in [5.41, 5.74) is 5.97. The third-order valence-electron chi connectivity index (χ3n) is 2.82. The van der Waals surface area contributed by atoms with E-state index >= 15 is 0 Å². The molecule has 0 radical (unpaired) electrons. The molecule has 96 valence electrons. The van der Waals surface area contributed by atoms with Crippen LogP contribution in [0.25, 0.3) is 0 Å². The molecule has 0 unspecified atom stereocenters. The molecule has 1 fully saturated rings. The predicted molar refractivity (Wildman–Crippen MR) is 68.7 cm³/mol. The van der Waals surface area contributed by atoms with Crippen molar-refractivity contribution in [2.24, 2.45) is 11.7 Å². The van der Waals surface area contributed by atoms with Crippen molar-refractivity contribution < 1.29 is 4.79 Å². The molecule has 1 aliphatic carbocycles. The first kappa shape index (κ1) is 15.7. The second-order valence-corrected chi connectivity index (χ2v) is 5.02. The summed E-state index contributed by atoms with van der Waals surface area (Å²) < 4.78 is 0. The lowest BCUT2D eigenvalue weighted by Crippen LogP contribution is -2.55. The zero-order valence-corrected chi connectivity index (χ0v) is 11.0. The number of halogens is 1. The van der Waals surface area contributed by atoms with E-state index in [1.54, 1.807) is 0 Å². The summed E-state index contributed by atoms with van der Waals surface area (Å²) in [5, 5.41) is 5.98. The highest BCUT2D eigenvalue weighted by Crippen LogP contribution is 2.27. The molecule has 0 aromatic rings. The fourth-order valence-electron chi connectivity index (χ4n) is 1.61. The van der Waals surface area contributed by atoms with Gasteiger partial charge in [0.1, 0.15) is 0 Å². The van der Waals surface area contributed by atoms with Gasteiger partial charge in [0.25, 0.3) is 0 Å². The molecule has 0 aromatic heterocycles. The van der Waals surface area contributed by atoms with Gasteiger partial charge >= 0.3 is 0 Å². The summed E-state index contributed by atoms with van der Waals surface area (Å²) >= 11 is 0. The number of amides is 1. The maximum Gasteiger partial charge on any atom is 0.233 e. The Bertz CT molecular complexity index is 217. The van der Waals surface area contributed by atoms with Crippen molar-refractivity contribution in [3.63, 3.8) is 0 Å². The van der Waals surface area contributed by atoms with Gasteiger partial charge in [0.2, 0.25) is 5.91 Å². The third-order valence-corrected chi connectivity index (χ3v) is 2.82. The average molecular weight is 250 g/mol. The minimum Gasteiger partial charge on any atom is -0.355 e. The molecule has 1 rings (SSSR count). The second-order valence-electron chi connectivity index (χ2n) is 5.02. The predicted octanol–water partition coefficient (Wildman–Crippen LogP) is 0.651. The van der Waals surface area contributed by atoms with Crippen molar-refractivity contribution in [3.8, 4) is 0 Å². The molecular formula is C11H24ClN3O. The third kappa shape index (κ3) is 5.68. The molecule has 1 amide bonds. The molecule has 0 heterocycles. The molecule has 0 aliphatic heterocycles. The molecule has 0 atom stereocenters. The largest absolute Gasteiger partial charge is 0.355 e. The SMILES string of the molecule is CC(C)CNC(=O)CNCC1(N)CCC1.Cl. The summed E-state index contributed by atoms with van der Waals surface area (Å²) in [6, 6.07) is 0. The van der Waals surface area contributed by atoms with E-state index in [1.165, 1.54) is 6.42 Å². The van der Waals surface area contributed by atoms with Gasteiger partial charge in [-0.15, -0.1) is 12.4 Å². The van der Waals surface area contributed by atoms with E-state index < -0.39 is 0 Å². The summed E-state index contributed by atoms with van der Waals surface area (Å²) in [6.07, 6.45) is 3.37. The maximum absolute atomic E-state index is 11.3. The van der Waals surface area contributed by atoms with Crippen LogP contribution in [0.3, 0.4) is 0 Å². The molecule has 1 aliphatic rings. The van der Waals surface area contributed by atoms with Crippen LogP contribution >= 0.6 is 12.4 Å². The fraction of sp³-hybridized carbons (Fsp3) is 0.909. The zero-order valence-electron chi connectivity index (χ0n) is 10.2. The number of carbonyl (C=O) groups is 1. The highest BCUT2D eigenvalue weighted by Gasteiger charge is 2.31. The number of nitrogens with two attached hydrogens (primary N) is 1. The van der Waals surface area contributed by atoms with Crippen molar-refractivity contribution in [2.75, 3.05) is 19.6 Å². The molecule has 4 nitrogen and oxygen atoms in total. The van der Waals surface area contributed by atoms with Gasteiger partial charge in [-0.2, -0.15) is 0 Å². The van der Waals surface area contributed by atoms with Gasteiger partial charge < -0.3 is 16.4 Å².